The molecule has 1 fully saturated rings. The third kappa shape index (κ3) is 3.77. The molecule has 2 aromatic rings. The average Bonchev–Trinajstić information content (AvgIpc) is 2.79. The van der Waals surface area contributed by atoms with Gasteiger partial charge in [-0.15, -0.1) is 0 Å². The van der Waals surface area contributed by atoms with E-state index in [9.17, 15) is 9.59 Å². The molecule has 0 N–H and O–H groups in total. The number of benzene rings is 2. The minimum absolute atomic E-state index is 0.115. The summed E-state index contributed by atoms with van der Waals surface area (Å²) in [5, 5.41) is 0.124. The van der Waals surface area contributed by atoms with E-state index in [0.717, 1.165) is 22.9 Å². The number of imide groups is 1. The Balaban J connectivity index is 1.69. The van der Waals surface area contributed by atoms with E-state index < -0.39 is 0 Å². The summed E-state index contributed by atoms with van der Waals surface area (Å²) in [7, 11) is 0. The van der Waals surface area contributed by atoms with E-state index in [2.05, 4.69) is 0 Å². The van der Waals surface area contributed by atoms with Gasteiger partial charge in [-0.05, 0) is 36.6 Å². The van der Waals surface area contributed by atoms with Crippen LogP contribution in [0, 0.1) is 6.92 Å². The largest absolute Gasteiger partial charge is 0.289 e. The Bertz CT molecular complexity index is 728. The molecule has 5 heteroatoms. The number of nitrogens with zero attached hydrogens (tertiary/aromatic N) is 1. The van der Waals surface area contributed by atoms with E-state index >= 15 is 0 Å². The molecule has 0 spiro atoms. The Morgan fingerprint density at radius 2 is 1.61 bits per heavy atom. The van der Waals surface area contributed by atoms with E-state index in [0.29, 0.717) is 18.0 Å². The van der Waals surface area contributed by atoms with Crippen molar-refractivity contribution in [2.45, 2.75) is 25.1 Å². The molecule has 3 rings (SSSR count). The first-order valence-corrected chi connectivity index (χ1v) is 8.60. The summed E-state index contributed by atoms with van der Waals surface area (Å²) in [6.45, 7) is 2.32. The normalized spacial score (nSPS) is 17.8. The molecule has 0 aromatic heterocycles. The van der Waals surface area contributed by atoms with Crippen LogP contribution in [0.4, 0.5) is 4.79 Å². The number of carbonyl (C=O) groups is 2. The molecule has 2 aromatic carbocycles. The summed E-state index contributed by atoms with van der Waals surface area (Å²) in [5.74, 6) is -0.115. The highest BCUT2D eigenvalue weighted by atomic mass is 35.5. The van der Waals surface area contributed by atoms with Crippen LogP contribution in [0.2, 0.25) is 5.02 Å². The lowest BCUT2D eigenvalue weighted by molar-refractivity contribution is -0.127. The summed E-state index contributed by atoms with van der Waals surface area (Å²) in [5.41, 5.74) is 3.15. The first-order valence-electron chi connectivity index (χ1n) is 7.35. The number of hydrogen-bond donors (Lipinski definition) is 0. The second kappa shape index (κ2) is 6.77. The molecule has 1 aliphatic heterocycles. The Morgan fingerprint density at radius 1 is 1.00 bits per heavy atom. The molecule has 118 valence electrons. The van der Waals surface area contributed by atoms with E-state index in [4.69, 9.17) is 11.6 Å². The predicted molar refractivity (Wildman–Crippen MR) is 93.7 cm³/mol. The summed E-state index contributed by atoms with van der Waals surface area (Å²) in [4.78, 5) is 26.0. The molecule has 23 heavy (non-hydrogen) atoms. The number of carbonyl (C=O) groups excluding carboxylic acids is 2. The minimum atomic E-state index is -0.336. The highest BCUT2D eigenvalue weighted by Gasteiger charge is 2.39. The molecular weight excluding hydrogens is 330 g/mol. The smallest absolute Gasteiger partial charge is 0.273 e. The number of rotatable bonds is 4. The summed E-state index contributed by atoms with van der Waals surface area (Å²) < 4.78 is 0. The van der Waals surface area contributed by atoms with Crippen molar-refractivity contribution in [3.63, 3.8) is 0 Å². The lowest BCUT2D eigenvalue weighted by Gasteiger charge is -2.14. The maximum Gasteiger partial charge on any atom is 0.289 e. The molecular formula is C18H16ClNO2S. The maximum atomic E-state index is 12.5. The second-order valence-electron chi connectivity index (χ2n) is 5.61. The number of hydrogen-bond acceptors (Lipinski definition) is 3. The first-order chi connectivity index (χ1) is 11.0. The van der Waals surface area contributed by atoms with Gasteiger partial charge in [-0.2, -0.15) is 0 Å². The van der Waals surface area contributed by atoms with Gasteiger partial charge in [0.15, 0.2) is 0 Å². The third-order valence-corrected chi connectivity index (χ3v) is 5.13. The van der Waals surface area contributed by atoms with E-state index in [1.807, 2.05) is 43.3 Å². The van der Waals surface area contributed by atoms with E-state index in [-0.39, 0.29) is 16.4 Å². The lowest BCUT2D eigenvalue weighted by atomic mass is 10.1. The van der Waals surface area contributed by atoms with Gasteiger partial charge in [0, 0.05) is 5.02 Å². The second-order valence-corrected chi connectivity index (χ2v) is 7.20. The number of aryl methyl sites for hydroxylation is 1. The van der Waals surface area contributed by atoms with Gasteiger partial charge in [-0.1, -0.05) is 65.3 Å². The zero-order chi connectivity index (χ0) is 16.4. The molecule has 0 radical (unpaired) electrons. The Hall–Kier alpha value is -1.78. The van der Waals surface area contributed by atoms with Gasteiger partial charge in [-0.25, -0.2) is 0 Å². The van der Waals surface area contributed by atoms with Crippen LogP contribution in [0.3, 0.4) is 0 Å². The van der Waals surface area contributed by atoms with Gasteiger partial charge < -0.3 is 0 Å². The SMILES string of the molecule is Cc1ccc(C[C@H]2SC(=O)N(Cc3ccc(Cl)cc3)C2=O)cc1. The highest BCUT2D eigenvalue weighted by Crippen LogP contribution is 2.31. The van der Waals surface area contributed by atoms with Gasteiger partial charge in [0.05, 0.1) is 11.8 Å². The topological polar surface area (TPSA) is 37.4 Å². The maximum absolute atomic E-state index is 12.5. The summed E-state index contributed by atoms with van der Waals surface area (Å²) >= 11 is 6.97. The standard InChI is InChI=1S/C18H16ClNO2S/c1-12-2-4-13(5-3-12)10-16-17(21)20(18(22)23-16)11-14-6-8-15(19)9-7-14/h2-9,16H,10-11H2,1H3/t16-/m1/s1. The van der Waals surface area contributed by atoms with Gasteiger partial charge in [0.25, 0.3) is 5.24 Å². The van der Waals surface area contributed by atoms with Crippen LogP contribution in [0.15, 0.2) is 48.5 Å². The van der Waals surface area contributed by atoms with Crippen molar-refractivity contribution in [3.05, 3.63) is 70.2 Å². The molecule has 0 aliphatic carbocycles. The van der Waals surface area contributed by atoms with Crippen LogP contribution in [0.25, 0.3) is 0 Å². The van der Waals surface area contributed by atoms with E-state index in [1.165, 1.54) is 10.5 Å². The van der Waals surface area contributed by atoms with Gasteiger partial charge in [0.2, 0.25) is 5.91 Å². The lowest BCUT2D eigenvalue weighted by Crippen LogP contribution is -2.31. The molecule has 1 heterocycles. The average molecular weight is 346 g/mol. The van der Waals surface area contributed by atoms with Crippen molar-refractivity contribution < 1.29 is 9.59 Å². The molecule has 1 aliphatic rings. The van der Waals surface area contributed by atoms with Gasteiger partial charge >= 0.3 is 0 Å². The van der Waals surface area contributed by atoms with Crippen molar-refractivity contribution in [1.29, 1.82) is 0 Å². The highest BCUT2D eigenvalue weighted by molar-refractivity contribution is 8.15. The van der Waals surface area contributed by atoms with Crippen molar-refractivity contribution in [2.75, 3.05) is 0 Å². The van der Waals surface area contributed by atoms with Crippen LogP contribution in [-0.4, -0.2) is 21.3 Å². The molecule has 3 nitrogen and oxygen atoms in total. The van der Waals surface area contributed by atoms with E-state index in [1.54, 1.807) is 12.1 Å². The first kappa shape index (κ1) is 16.1. The number of halogens is 1. The van der Waals surface area contributed by atoms with Crippen molar-refractivity contribution >= 4 is 34.5 Å². The number of thioether (sulfide) groups is 1. The molecule has 1 atom stereocenters. The van der Waals surface area contributed by atoms with Gasteiger partial charge in [-0.3, -0.25) is 14.5 Å². The van der Waals surface area contributed by atoms with Crippen LogP contribution < -0.4 is 0 Å². The fraction of sp³-hybridized carbons (Fsp3) is 0.222. The van der Waals surface area contributed by atoms with Crippen molar-refractivity contribution in [1.82, 2.24) is 4.90 Å². The quantitative estimate of drug-likeness (QED) is 0.821. The molecule has 2 amide bonds. The number of amides is 2. The minimum Gasteiger partial charge on any atom is -0.273 e. The fourth-order valence-corrected chi connectivity index (χ4v) is 3.64. The van der Waals surface area contributed by atoms with Gasteiger partial charge in [0.1, 0.15) is 0 Å². The third-order valence-electron chi connectivity index (χ3n) is 3.80. The van der Waals surface area contributed by atoms with Crippen molar-refractivity contribution in [3.8, 4) is 0 Å². The van der Waals surface area contributed by atoms with Crippen molar-refractivity contribution in [2.24, 2.45) is 0 Å². The molecule has 0 saturated carbocycles. The molecule has 0 bridgehead atoms. The summed E-state index contributed by atoms with van der Waals surface area (Å²) in [6, 6.07) is 15.3. The summed E-state index contributed by atoms with van der Waals surface area (Å²) in [6.07, 6.45) is 0.576. The molecule has 1 saturated heterocycles. The predicted octanol–water partition coefficient (Wildman–Crippen LogP) is 4.46. The zero-order valence-corrected chi connectivity index (χ0v) is 14.2. The monoisotopic (exact) mass is 345 g/mol. The Kier molecular flexibility index (Phi) is 4.74. The fourth-order valence-electron chi connectivity index (χ4n) is 2.48. The Labute approximate surface area is 144 Å². The van der Waals surface area contributed by atoms with Crippen LogP contribution in [-0.2, 0) is 17.8 Å². The van der Waals surface area contributed by atoms with Crippen LogP contribution >= 0.6 is 23.4 Å². The van der Waals surface area contributed by atoms with Crippen LogP contribution in [0.5, 0.6) is 0 Å². The molecule has 0 unspecified atom stereocenters. The zero-order valence-electron chi connectivity index (χ0n) is 12.7. The van der Waals surface area contributed by atoms with Crippen LogP contribution in [0.1, 0.15) is 16.7 Å². The Morgan fingerprint density at radius 3 is 2.26 bits per heavy atom.